The zero-order chi connectivity index (χ0) is 19.1. The van der Waals surface area contributed by atoms with Crippen LogP contribution >= 0.6 is 0 Å². The summed E-state index contributed by atoms with van der Waals surface area (Å²) in [5.41, 5.74) is 2.93. The Hall–Kier alpha value is -1.25. The predicted octanol–water partition coefficient (Wildman–Crippen LogP) is 5.16. The van der Waals surface area contributed by atoms with E-state index in [0.717, 1.165) is 50.3 Å². The fourth-order valence-electron chi connectivity index (χ4n) is 5.78. The van der Waals surface area contributed by atoms with E-state index in [1.54, 1.807) is 0 Å². The van der Waals surface area contributed by atoms with Crippen LogP contribution in [0.4, 0.5) is 0 Å². The van der Waals surface area contributed by atoms with Crippen molar-refractivity contribution in [1.29, 1.82) is 5.41 Å². The van der Waals surface area contributed by atoms with Crippen molar-refractivity contribution in [2.45, 2.75) is 59.8 Å². The molecule has 2 bridgehead atoms. The van der Waals surface area contributed by atoms with Crippen molar-refractivity contribution < 1.29 is 0 Å². The summed E-state index contributed by atoms with van der Waals surface area (Å²) < 4.78 is 0. The molecule has 0 aromatic heterocycles. The van der Waals surface area contributed by atoms with Crippen LogP contribution in [0.1, 0.15) is 59.8 Å². The zero-order valence-electron chi connectivity index (χ0n) is 17.5. The molecule has 1 N–H and O–H groups in total. The lowest BCUT2D eigenvalue weighted by atomic mass is 9.81. The second-order valence-corrected chi connectivity index (χ2v) is 10.2. The van der Waals surface area contributed by atoms with Crippen LogP contribution < -0.4 is 0 Å². The van der Waals surface area contributed by atoms with Crippen molar-refractivity contribution in [1.82, 2.24) is 9.80 Å². The molecule has 3 rings (SSSR count). The highest BCUT2D eigenvalue weighted by Crippen LogP contribution is 2.54. The van der Waals surface area contributed by atoms with Crippen LogP contribution in [0.15, 0.2) is 24.4 Å². The Balaban J connectivity index is 1.61. The van der Waals surface area contributed by atoms with Gasteiger partial charge in [-0.3, -0.25) is 5.41 Å². The molecular weight excluding hydrogens is 318 g/mol. The highest BCUT2D eigenvalue weighted by molar-refractivity contribution is 5.79. The van der Waals surface area contributed by atoms with E-state index in [9.17, 15) is 0 Å². The highest BCUT2D eigenvalue weighted by atomic mass is 15.3. The van der Waals surface area contributed by atoms with Gasteiger partial charge in [-0.05, 0) is 49.4 Å². The standard InChI is InChI=1S/C23H39N3/c1-16(2)21-18-8-7-9-19(14-18)22(21)17(3)25-10-12-26(13-11-25)20(24)15-23(4,5)6/h18-19,21-22,24H,1,3,7-15H2,2,4-6H3/t18-,19+,21?,22?/m0/s1. The minimum atomic E-state index is 0.188. The van der Waals surface area contributed by atoms with Gasteiger partial charge in [0.15, 0.2) is 0 Å². The summed E-state index contributed by atoms with van der Waals surface area (Å²) in [7, 11) is 0. The number of piperazine rings is 1. The molecule has 1 heterocycles. The van der Waals surface area contributed by atoms with Crippen LogP contribution in [0.2, 0.25) is 0 Å². The van der Waals surface area contributed by atoms with E-state index in [0.29, 0.717) is 11.8 Å². The van der Waals surface area contributed by atoms with E-state index in [-0.39, 0.29) is 5.41 Å². The fraction of sp³-hybridized carbons (Fsp3) is 0.783. The van der Waals surface area contributed by atoms with Gasteiger partial charge < -0.3 is 9.80 Å². The monoisotopic (exact) mass is 357 g/mol. The van der Waals surface area contributed by atoms with Crippen LogP contribution in [0.25, 0.3) is 0 Å². The molecule has 2 aliphatic carbocycles. The molecule has 0 aromatic carbocycles. The van der Waals surface area contributed by atoms with Gasteiger partial charge in [-0.25, -0.2) is 0 Å². The molecule has 146 valence electrons. The molecule has 26 heavy (non-hydrogen) atoms. The number of nitrogens with one attached hydrogen (secondary N) is 1. The Kier molecular flexibility index (Phi) is 5.55. The van der Waals surface area contributed by atoms with Gasteiger partial charge in [0.25, 0.3) is 0 Å². The SMILES string of the molecule is C=C(C)C1C(C(=C)N2CCN(C(=N)CC(C)(C)C)CC2)[C@@H]2CCC[C@H]1C2. The fourth-order valence-corrected chi connectivity index (χ4v) is 5.78. The largest absolute Gasteiger partial charge is 0.371 e. The molecular formula is C23H39N3. The van der Waals surface area contributed by atoms with Crippen LogP contribution in [-0.2, 0) is 0 Å². The topological polar surface area (TPSA) is 30.3 Å². The van der Waals surface area contributed by atoms with E-state index in [2.05, 4.69) is 50.7 Å². The lowest BCUT2D eigenvalue weighted by Crippen LogP contribution is -2.49. The van der Waals surface area contributed by atoms with Crippen LogP contribution in [0.3, 0.4) is 0 Å². The summed E-state index contributed by atoms with van der Waals surface area (Å²) in [5, 5.41) is 8.44. The Morgan fingerprint density at radius 3 is 2.04 bits per heavy atom. The van der Waals surface area contributed by atoms with Crippen LogP contribution in [-0.4, -0.2) is 41.8 Å². The van der Waals surface area contributed by atoms with Crippen molar-refractivity contribution in [2.75, 3.05) is 26.2 Å². The summed E-state index contributed by atoms with van der Waals surface area (Å²) in [5.74, 6) is 3.72. The Labute approximate surface area is 161 Å². The first-order chi connectivity index (χ1) is 12.2. The number of hydrogen-bond acceptors (Lipinski definition) is 2. The van der Waals surface area contributed by atoms with Gasteiger partial charge in [0.05, 0.1) is 5.84 Å². The van der Waals surface area contributed by atoms with Gasteiger partial charge in [-0.15, -0.1) is 0 Å². The number of amidine groups is 1. The molecule has 3 heteroatoms. The van der Waals surface area contributed by atoms with Crippen molar-refractivity contribution in [3.63, 3.8) is 0 Å². The van der Waals surface area contributed by atoms with E-state index < -0.39 is 0 Å². The van der Waals surface area contributed by atoms with Crippen LogP contribution in [0.5, 0.6) is 0 Å². The number of nitrogens with zero attached hydrogens (tertiary/aromatic N) is 2. The maximum atomic E-state index is 8.44. The number of rotatable bonds is 4. The van der Waals surface area contributed by atoms with Gasteiger partial charge in [0.1, 0.15) is 0 Å². The molecule has 1 aliphatic heterocycles. The molecule has 3 nitrogen and oxygen atoms in total. The third kappa shape index (κ3) is 4.02. The predicted molar refractivity (Wildman–Crippen MR) is 111 cm³/mol. The number of hydrogen-bond donors (Lipinski definition) is 1. The van der Waals surface area contributed by atoms with Crippen molar-refractivity contribution in [3.8, 4) is 0 Å². The first-order valence-electron chi connectivity index (χ1n) is 10.6. The second-order valence-electron chi connectivity index (χ2n) is 10.2. The van der Waals surface area contributed by atoms with E-state index >= 15 is 0 Å². The van der Waals surface area contributed by atoms with E-state index in [4.69, 9.17) is 5.41 Å². The van der Waals surface area contributed by atoms with Gasteiger partial charge in [-0.1, -0.05) is 45.9 Å². The molecule has 1 saturated heterocycles. The summed E-state index contributed by atoms with van der Waals surface area (Å²) in [6.45, 7) is 21.8. The number of fused-ring (bicyclic) bond motifs is 2. The molecule has 3 fully saturated rings. The molecule has 0 aromatic rings. The van der Waals surface area contributed by atoms with Gasteiger partial charge in [0.2, 0.25) is 0 Å². The van der Waals surface area contributed by atoms with Gasteiger partial charge >= 0.3 is 0 Å². The molecule has 0 amide bonds. The molecule has 0 spiro atoms. The third-order valence-electron chi connectivity index (χ3n) is 6.88. The maximum absolute atomic E-state index is 8.44. The summed E-state index contributed by atoms with van der Waals surface area (Å²) in [4.78, 5) is 4.81. The average molecular weight is 358 g/mol. The van der Waals surface area contributed by atoms with E-state index in [1.807, 2.05) is 0 Å². The Morgan fingerprint density at radius 2 is 1.50 bits per heavy atom. The van der Waals surface area contributed by atoms with Crippen molar-refractivity contribution in [3.05, 3.63) is 24.4 Å². The third-order valence-corrected chi connectivity index (χ3v) is 6.88. The smallest absolute Gasteiger partial charge is 0.0964 e. The average Bonchev–Trinajstić information content (AvgIpc) is 2.83. The molecule has 2 unspecified atom stereocenters. The molecule has 2 saturated carbocycles. The van der Waals surface area contributed by atoms with Gasteiger partial charge in [-0.2, -0.15) is 0 Å². The first kappa shape index (κ1) is 19.5. The number of allylic oxidation sites excluding steroid dienone is 2. The van der Waals surface area contributed by atoms with Crippen LogP contribution in [0, 0.1) is 34.5 Å². The lowest BCUT2D eigenvalue weighted by Gasteiger charge is -2.42. The van der Waals surface area contributed by atoms with E-state index in [1.165, 1.54) is 37.0 Å². The van der Waals surface area contributed by atoms with Crippen molar-refractivity contribution >= 4 is 5.84 Å². The Morgan fingerprint density at radius 1 is 0.962 bits per heavy atom. The molecule has 4 atom stereocenters. The summed E-state index contributed by atoms with van der Waals surface area (Å²) in [6, 6.07) is 0. The molecule has 3 aliphatic rings. The first-order valence-corrected chi connectivity index (χ1v) is 10.6. The summed E-state index contributed by atoms with van der Waals surface area (Å²) in [6.07, 6.45) is 6.39. The second kappa shape index (κ2) is 7.40. The minimum Gasteiger partial charge on any atom is -0.371 e. The van der Waals surface area contributed by atoms with Gasteiger partial charge in [0, 0.05) is 44.2 Å². The molecule has 0 radical (unpaired) electrons. The quantitative estimate of drug-likeness (QED) is 0.428. The maximum Gasteiger partial charge on any atom is 0.0964 e. The van der Waals surface area contributed by atoms with Crippen molar-refractivity contribution in [2.24, 2.45) is 29.1 Å². The lowest BCUT2D eigenvalue weighted by molar-refractivity contribution is 0.181. The Bertz CT molecular complexity index is 562. The highest BCUT2D eigenvalue weighted by Gasteiger charge is 2.47. The normalized spacial score (nSPS) is 31.8. The zero-order valence-corrected chi connectivity index (χ0v) is 17.5. The minimum absolute atomic E-state index is 0.188. The summed E-state index contributed by atoms with van der Waals surface area (Å²) >= 11 is 0.